The Hall–Kier alpha value is -1.63. The molecular weight excluding hydrogens is 330 g/mol. The van der Waals surface area contributed by atoms with Gasteiger partial charge in [0.05, 0.1) is 12.6 Å². The van der Waals surface area contributed by atoms with Gasteiger partial charge in [-0.05, 0) is 12.0 Å². The zero-order chi connectivity index (χ0) is 16.1. The Bertz CT molecular complexity index is 549. The molecule has 2 heterocycles. The molecule has 2 amide bonds. The number of likely N-dealkylation sites (tertiary alicyclic amines) is 1. The highest BCUT2D eigenvalue weighted by molar-refractivity contribution is 5.85. The Morgan fingerprint density at radius 1 is 1.38 bits per heavy atom. The molecule has 1 aromatic rings. The fraction of sp³-hybridized carbons (Fsp3) is 0.529. The van der Waals surface area contributed by atoms with Crippen LogP contribution in [0.25, 0.3) is 0 Å². The third-order valence-corrected chi connectivity index (χ3v) is 4.31. The van der Waals surface area contributed by atoms with Crippen molar-refractivity contribution in [3.63, 3.8) is 0 Å². The van der Waals surface area contributed by atoms with Gasteiger partial charge in [0.2, 0.25) is 5.91 Å². The number of halogens is 1. The average molecular weight is 354 g/mol. The van der Waals surface area contributed by atoms with Crippen molar-refractivity contribution in [2.24, 2.45) is 0 Å². The van der Waals surface area contributed by atoms with Gasteiger partial charge >= 0.3 is 0 Å². The highest BCUT2D eigenvalue weighted by Crippen LogP contribution is 2.19. The van der Waals surface area contributed by atoms with Crippen LogP contribution in [0, 0.1) is 0 Å². The summed E-state index contributed by atoms with van der Waals surface area (Å²) < 4.78 is 5.51. The van der Waals surface area contributed by atoms with Crippen LogP contribution < -0.4 is 10.6 Å². The molecule has 3 rings (SSSR count). The first kappa shape index (κ1) is 18.7. The molecule has 2 atom stereocenters. The van der Waals surface area contributed by atoms with Crippen molar-refractivity contribution in [3.05, 3.63) is 35.9 Å². The summed E-state index contributed by atoms with van der Waals surface area (Å²) in [5, 5.41) is 6.21. The van der Waals surface area contributed by atoms with Crippen molar-refractivity contribution in [1.29, 1.82) is 0 Å². The quantitative estimate of drug-likeness (QED) is 0.824. The highest BCUT2D eigenvalue weighted by Gasteiger charge is 2.28. The molecule has 2 fully saturated rings. The molecule has 0 aliphatic carbocycles. The fourth-order valence-corrected chi connectivity index (χ4v) is 3.04. The van der Waals surface area contributed by atoms with Crippen LogP contribution in [0.3, 0.4) is 0 Å². The molecule has 2 unspecified atom stereocenters. The van der Waals surface area contributed by atoms with Crippen molar-refractivity contribution in [3.8, 4) is 0 Å². The van der Waals surface area contributed by atoms with E-state index in [0.717, 1.165) is 25.1 Å². The van der Waals surface area contributed by atoms with Gasteiger partial charge in [-0.25, -0.2) is 0 Å². The van der Waals surface area contributed by atoms with E-state index in [-0.39, 0.29) is 30.3 Å². The summed E-state index contributed by atoms with van der Waals surface area (Å²) in [7, 11) is 0. The monoisotopic (exact) mass is 353 g/mol. The molecule has 132 valence electrons. The second-order valence-electron chi connectivity index (χ2n) is 5.98. The van der Waals surface area contributed by atoms with E-state index >= 15 is 0 Å². The first-order valence-corrected chi connectivity index (χ1v) is 8.19. The molecule has 2 N–H and O–H groups in total. The van der Waals surface area contributed by atoms with Crippen molar-refractivity contribution in [2.45, 2.75) is 25.0 Å². The van der Waals surface area contributed by atoms with Gasteiger partial charge in [0, 0.05) is 32.6 Å². The van der Waals surface area contributed by atoms with E-state index in [2.05, 4.69) is 10.6 Å². The Balaban J connectivity index is 0.00000208. The van der Waals surface area contributed by atoms with Crippen molar-refractivity contribution in [1.82, 2.24) is 15.5 Å². The zero-order valence-electron chi connectivity index (χ0n) is 13.6. The summed E-state index contributed by atoms with van der Waals surface area (Å²) in [5.41, 5.74) is 1.00. The van der Waals surface area contributed by atoms with Crippen LogP contribution in [0.2, 0.25) is 0 Å². The number of nitrogens with one attached hydrogen (secondary N) is 2. The molecule has 0 saturated carbocycles. The van der Waals surface area contributed by atoms with Crippen molar-refractivity contribution < 1.29 is 14.3 Å². The minimum Gasteiger partial charge on any atom is -0.366 e. The zero-order valence-corrected chi connectivity index (χ0v) is 14.4. The van der Waals surface area contributed by atoms with Crippen LogP contribution in [0.15, 0.2) is 30.3 Å². The summed E-state index contributed by atoms with van der Waals surface area (Å²) in [6, 6.07) is 9.57. The summed E-state index contributed by atoms with van der Waals surface area (Å²) in [4.78, 5) is 26.2. The van der Waals surface area contributed by atoms with E-state index in [4.69, 9.17) is 4.74 Å². The Kier molecular flexibility index (Phi) is 7.02. The van der Waals surface area contributed by atoms with Crippen molar-refractivity contribution in [2.75, 3.05) is 32.8 Å². The summed E-state index contributed by atoms with van der Waals surface area (Å²) >= 11 is 0. The summed E-state index contributed by atoms with van der Waals surface area (Å²) in [6.07, 6.45) is 1.03. The van der Waals surface area contributed by atoms with Crippen LogP contribution in [0.1, 0.15) is 24.4 Å². The third kappa shape index (κ3) is 4.69. The molecule has 24 heavy (non-hydrogen) atoms. The first-order chi connectivity index (χ1) is 11.2. The maximum atomic E-state index is 12.5. The van der Waals surface area contributed by atoms with E-state index in [1.807, 2.05) is 35.2 Å². The molecule has 6 nitrogen and oxygen atoms in total. The van der Waals surface area contributed by atoms with Crippen LogP contribution in [0.5, 0.6) is 0 Å². The van der Waals surface area contributed by atoms with Gasteiger partial charge in [-0.3, -0.25) is 9.59 Å². The number of hydrogen-bond donors (Lipinski definition) is 2. The molecule has 0 radical (unpaired) electrons. The normalized spacial score (nSPS) is 21.9. The van der Waals surface area contributed by atoms with E-state index in [1.165, 1.54) is 0 Å². The maximum Gasteiger partial charge on any atom is 0.251 e. The summed E-state index contributed by atoms with van der Waals surface area (Å²) in [6.45, 7) is 3.11. The number of benzene rings is 1. The van der Waals surface area contributed by atoms with Gasteiger partial charge in [0.15, 0.2) is 0 Å². The lowest BCUT2D eigenvalue weighted by molar-refractivity contribution is -0.136. The lowest BCUT2D eigenvalue weighted by Gasteiger charge is -2.28. The molecule has 7 heteroatoms. The maximum absolute atomic E-state index is 12.5. The Morgan fingerprint density at radius 2 is 2.17 bits per heavy atom. The Labute approximate surface area is 148 Å². The number of hydrogen-bond acceptors (Lipinski definition) is 4. The largest absolute Gasteiger partial charge is 0.366 e. The minimum atomic E-state index is -0.468. The Morgan fingerprint density at radius 3 is 2.79 bits per heavy atom. The molecule has 2 saturated heterocycles. The lowest BCUT2D eigenvalue weighted by atomic mass is 10.1. The summed E-state index contributed by atoms with van der Waals surface area (Å²) in [5.74, 6) is 0.0356. The van der Waals surface area contributed by atoms with E-state index in [0.29, 0.717) is 26.1 Å². The number of morpholine rings is 1. The predicted octanol–water partition coefficient (Wildman–Crippen LogP) is 0.877. The van der Waals surface area contributed by atoms with Crippen LogP contribution in [-0.4, -0.2) is 55.6 Å². The van der Waals surface area contributed by atoms with E-state index in [9.17, 15) is 9.59 Å². The topological polar surface area (TPSA) is 70.7 Å². The van der Waals surface area contributed by atoms with Crippen molar-refractivity contribution >= 4 is 24.2 Å². The second kappa shape index (κ2) is 9.01. The van der Waals surface area contributed by atoms with Crippen LogP contribution in [0.4, 0.5) is 0 Å². The minimum absolute atomic E-state index is 0. The number of ether oxygens (including phenoxy) is 1. The van der Waals surface area contributed by atoms with Gasteiger partial charge in [-0.15, -0.1) is 12.4 Å². The molecule has 0 aromatic heterocycles. The second-order valence-corrected chi connectivity index (χ2v) is 5.98. The molecule has 2 aliphatic rings. The van der Waals surface area contributed by atoms with Crippen LogP contribution >= 0.6 is 12.4 Å². The van der Waals surface area contributed by atoms with Gasteiger partial charge in [-0.2, -0.15) is 0 Å². The SMILES string of the molecule is Cl.O=C(NC(CN1CCCC1=O)c1ccccc1)C1CNCCO1. The van der Waals surface area contributed by atoms with Gasteiger partial charge in [-0.1, -0.05) is 30.3 Å². The number of nitrogens with zero attached hydrogens (tertiary/aromatic N) is 1. The highest BCUT2D eigenvalue weighted by atomic mass is 35.5. The molecule has 2 aliphatic heterocycles. The van der Waals surface area contributed by atoms with E-state index < -0.39 is 6.10 Å². The molecule has 1 aromatic carbocycles. The third-order valence-electron chi connectivity index (χ3n) is 4.31. The number of carbonyl (C=O) groups is 2. The molecular formula is C17H24ClN3O3. The number of amides is 2. The number of rotatable bonds is 5. The fourth-order valence-electron chi connectivity index (χ4n) is 3.04. The predicted molar refractivity (Wildman–Crippen MR) is 93.0 cm³/mol. The number of carbonyl (C=O) groups excluding carboxylic acids is 2. The average Bonchev–Trinajstić information content (AvgIpc) is 3.00. The molecule has 0 spiro atoms. The van der Waals surface area contributed by atoms with Gasteiger partial charge in [0.1, 0.15) is 6.10 Å². The van der Waals surface area contributed by atoms with Crippen LogP contribution in [-0.2, 0) is 14.3 Å². The molecule has 0 bridgehead atoms. The lowest BCUT2D eigenvalue weighted by Crippen LogP contribution is -2.50. The first-order valence-electron chi connectivity index (χ1n) is 8.19. The van der Waals surface area contributed by atoms with Gasteiger partial charge in [0.25, 0.3) is 5.91 Å². The smallest absolute Gasteiger partial charge is 0.251 e. The van der Waals surface area contributed by atoms with E-state index in [1.54, 1.807) is 0 Å². The van der Waals surface area contributed by atoms with Gasteiger partial charge < -0.3 is 20.3 Å². The standard InChI is InChI=1S/C17H23N3O3.ClH/c21-16-7-4-9-20(16)12-14(13-5-2-1-3-6-13)19-17(22)15-11-18-8-10-23-15;/h1-3,5-6,14-15,18H,4,7-12H2,(H,19,22);1H.